The second-order valence-corrected chi connectivity index (χ2v) is 12.2. The van der Waals surface area contributed by atoms with E-state index in [4.69, 9.17) is 24.4 Å². The number of pyridine rings is 1. The van der Waals surface area contributed by atoms with E-state index in [9.17, 15) is 4.79 Å². The first-order chi connectivity index (χ1) is 22.1. The van der Waals surface area contributed by atoms with Gasteiger partial charge < -0.3 is 35.2 Å². The number of morpholine rings is 2. The van der Waals surface area contributed by atoms with E-state index in [2.05, 4.69) is 35.6 Å². The molecule has 0 saturated carbocycles. The smallest absolute Gasteiger partial charge is 0.323 e. The lowest BCUT2D eigenvalue weighted by Crippen LogP contribution is -2.47. The van der Waals surface area contributed by atoms with Crippen LogP contribution in [0.15, 0.2) is 48.8 Å². The van der Waals surface area contributed by atoms with Crippen LogP contribution in [-0.2, 0) is 9.47 Å². The van der Waals surface area contributed by atoms with Gasteiger partial charge in [0.2, 0.25) is 11.9 Å². The number of benzene rings is 1. The molecule has 7 rings (SSSR count). The zero-order valence-corrected chi connectivity index (χ0v) is 25.6. The van der Waals surface area contributed by atoms with Crippen LogP contribution in [0.5, 0.6) is 0 Å². The zero-order valence-electron chi connectivity index (χ0n) is 25.6. The Labute approximate surface area is 263 Å². The molecule has 13 nitrogen and oxygen atoms in total. The molecule has 4 fully saturated rings. The average Bonchev–Trinajstić information content (AvgIpc) is 3.42. The highest BCUT2D eigenvalue weighted by atomic mass is 16.5. The van der Waals surface area contributed by atoms with Crippen molar-refractivity contribution in [3.8, 4) is 11.4 Å². The Hall–Kier alpha value is -3.91. The molecule has 2 unspecified atom stereocenters. The highest BCUT2D eigenvalue weighted by molar-refractivity contribution is 5.99. The van der Waals surface area contributed by atoms with Gasteiger partial charge in [-0.3, -0.25) is 9.88 Å². The van der Waals surface area contributed by atoms with E-state index < -0.39 is 0 Å². The first-order valence-corrected chi connectivity index (χ1v) is 16.2. The van der Waals surface area contributed by atoms with E-state index in [1.165, 1.54) is 0 Å². The monoisotopic (exact) mass is 614 g/mol. The molecule has 0 spiro atoms. The molecule has 2 atom stereocenters. The fourth-order valence-corrected chi connectivity index (χ4v) is 6.51. The number of hydrogen-bond acceptors (Lipinski definition) is 11. The second kappa shape index (κ2) is 14.0. The number of anilines is 4. The maximum Gasteiger partial charge on any atom is 0.323 e. The normalized spacial score (nSPS) is 22.4. The molecule has 3 aromatic rings. The van der Waals surface area contributed by atoms with Crippen molar-refractivity contribution in [2.75, 3.05) is 86.0 Å². The molecule has 2 bridgehead atoms. The van der Waals surface area contributed by atoms with E-state index >= 15 is 0 Å². The van der Waals surface area contributed by atoms with Gasteiger partial charge in [0.1, 0.15) is 0 Å². The van der Waals surface area contributed by atoms with Crippen molar-refractivity contribution in [3.05, 3.63) is 48.8 Å². The average molecular weight is 615 g/mol. The van der Waals surface area contributed by atoms with Crippen molar-refractivity contribution in [2.24, 2.45) is 0 Å². The molecule has 2 amide bonds. The van der Waals surface area contributed by atoms with Crippen LogP contribution >= 0.6 is 0 Å². The number of nitrogens with one attached hydrogen (secondary N) is 3. The van der Waals surface area contributed by atoms with Crippen LogP contribution in [0.2, 0.25) is 0 Å². The molecule has 3 N–H and O–H groups in total. The molecular formula is C32H42N10O3. The fraction of sp³-hybridized carbons (Fsp3) is 0.531. The van der Waals surface area contributed by atoms with Crippen molar-refractivity contribution in [3.63, 3.8) is 0 Å². The molecule has 4 aliphatic rings. The van der Waals surface area contributed by atoms with Crippen molar-refractivity contribution in [1.82, 2.24) is 30.2 Å². The van der Waals surface area contributed by atoms with Gasteiger partial charge in [-0.2, -0.15) is 15.0 Å². The summed E-state index contributed by atoms with van der Waals surface area (Å²) in [4.78, 5) is 38.4. The van der Waals surface area contributed by atoms with Crippen LogP contribution in [0.25, 0.3) is 11.4 Å². The lowest BCUT2D eigenvalue weighted by Gasteiger charge is -2.35. The van der Waals surface area contributed by atoms with Gasteiger partial charge in [0.05, 0.1) is 25.4 Å². The number of ether oxygens (including phenoxy) is 2. The number of nitrogens with zero attached hydrogens (tertiary/aromatic N) is 7. The number of amides is 2. The molecule has 0 radical (unpaired) electrons. The quantitative estimate of drug-likeness (QED) is 0.329. The SMILES string of the molecule is O=C(Nc1ccncc1)Nc1ccc(-c2nc(N3CCC(NCCN4CCOCC4)CC3)nc(N3CC4CCC(C3)O4)n2)cc1. The molecule has 6 heterocycles. The Morgan fingerprint density at radius 1 is 0.778 bits per heavy atom. The molecule has 2 aromatic heterocycles. The number of hydrogen-bond donors (Lipinski definition) is 3. The number of fused-ring (bicyclic) bond motifs is 2. The van der Waals surface area contributed by atoms with E-state index in [-0.39, 0.29) is 18.2 Å². The highest BCUT2D eigenvalue weighted by Crippen LogP contribution is 2.30. The lowest BCUT2D eigenvalue weighted by atomic mass is 10.1. The minimum Gasteiger partial charge on any atom is -0.379 e. The molecule has 238 valence electrons. The topological polar surface area (TPSA) is 133 Å². The second-order valence-electron chi connectivity index (χ2n) is 12.2. The van der Waals surface area contributed by atoms with Crippen LogP contribution in [0.1, 0.15) is 25.7 Å². The maximum absolute atomic E-state index is 12.5. The Balaban J connectivity index is 1.03. The van der Waals surface area contributed by atoms with Crippen molar-refractivity contribution in [2.45, 2.75) is 43.9 Å². The van der Waals surface area contributed by atoms with Crippen LogP contribution < -0.4 is 25.8 Å². The number of rotatable bonds is 9. The van der Waals surface area contributed by atoms with Crippen molar-refractivity contribution < 1.29 is 14.3 Å². The Morgan fingerprint density at radius 3 is 2.11 bits per heavy atom. The minimum absolute atomic E-state index is 0.232. The van der Waals surface area contributed by atoms with Gasteiger partial charge >= 0.3 is 6.03 Å². The van der Waals surface area contributed by atoms with E-state index in [0.717, 1.165) is 103 Å². The Morgan fingerprint density at radius 2 is 1.42 bits per heavy atom. The third-order valence-corrected chi connectivity index (χ3v) is 9.02. The number of urea groups is 1. The van der Waals surface area contributed by atoms with Gasteiger partial charge in [0, 0.05) is 87.7 Å². The summed E-state index contributed by atoms with van der Waals surface area (Å²) in [5.41, 5.74) is 2.22. The standard InChI is InChI=1S/C32H42N10O3/c43-32(36-26-7-11-33-12-8-26)35-25-3-1-23(2-4-25)29-37-30(39-31(38-29)42-21-27-5-6-28(22-42)45-27)41-14-9-24(10-15-41)34-13-16-40-17-19-44-20-18-40/h1-4,7-8,11-12,24,27-28,34H,5-6,9-10,13-22H2,(H2,33,35,36,43). The fourth-order valence-electron chi connectivity index (χ4n) is 6.51. The largest absolute Gasteiger partial charge is 0.379 e. The summed E-state index contributed by atoms with van der Waals surface area (Å²) in [5.74, 6) is 2.06. The first kappa shape index (κ1) is 29.8. The molecule has 4 aliphatic heterocycles. The number of carbonyl (C=O) groups is 1. The molecule has 13 heteroatoms. The third-order valence-electron chi connectivity index (χ3n) is 9.02. The molecule has 0 aliphatic carbocycles. The molecule has 1 aromatic carbocycles. The summed E-state index contributed by atoms with van der Waals surface area (Å²) in [7, 11) is 0. The van der Waals surface area contributed by atoms with Crippen LogP contribution in [0.3, 0.4) is 0 Å². The van der Waals surface area contributed by atoms with Crippen molar-refractivity contribution in [1.29, 1.82) is 0 Å². The summed E-state index contributed by atoms with van der Waals surface area (Å²) in [6.07, 6.45) is 7.99. The van der Waals surface area contributed by atoms with Crippen LogP contribution in [0.4, 0.5) is 28.1 Å². The van der Waals surface area contributed by atoms with E-state index in [0.29, 0.717) is 29.2 Å². The predicted molar refractivity (Wildman–Crippen MR) is 173 cm³/mol. The van der Waals surface area contributed by atoms with E-state index in [1.54, 1.807) is 24.5 Å². The van der Waals surface area contributed by atoms with E-state index in [1.807, 2.05) is 24.3 Å². The van der Waals surface area contributed by atoms with Crippen molar-refractivity contribution >= 4 is 29.3 Å². The lowest BCUT2D eigenvalue weighted by molar-refractivity contribution is 0.0299. The number of piperidine rings is 1. The minimum atomic E-state index is -0.320. The number of aromatic nitrogens is 4. The summed E-state index contributed by atoms with van der Waals surface area (Å²) in [6, 6.07) is 11.3. The van der Waals surface area contributed by atoms with Gasteiger partial charge in [-0.05, 0) is 62.1 Å². The van der Waals surface area contributed by atoms with Crippen LogP contribution in [0, 0.1) is 0 Å². The first-order valence-electron chi connectivity index (χ1n) is 16.2. The molecule has 4 saturated heterocycles. The summed E-state index contributed by atoms with van der Waals surface area (Å²) < 4.78 is 11.6. The third kappa shape index (κ3) is 7.67. The summed E-state index contributed by atoms with van der Waals surface area (Å²) in [6.45, 7) is 9.16. The molecular weight excluding hydrogens is 572 g/mol. The molecule has 45 heavy (non-hydrogen) atoms. The van der Waals surface area contributed by atoms with Gasteiger partial charge in [0.15, 0.2) is 5.82 Å². The van der Waals surface area contributed by atoms with Gasteiger partial charge in [-0.1, -0.05) is 0 Å². The Bertz CT molecular complexity index is 1400. The highest BCUT2D eigenvalue weighted by Gasteiger charge is 2.35. The zero-order chi connectivity index (χ0) is 30.4. The van der Waals surface area contributed by atoms with Gasteiger partial charge in [-0.25, -0.2) is 4.79 Å². The van der Waals surface area contributed by atoms with Crippen LogP contribution in [-0.4, -0.2) is 115 Å². The number of carbonyl (C=O) groups excluding carboxylic acids is 1. The predicted octanol–water partition coefficient (Wildman–Crippen LogP) is 2.84. The summed E-state index contributed by atoms with van der Waals surface area (Å²) in [5, 5.41) is 9.46. The van der Waals surface area contributed by atoms with Gasteiger partial charge in [-0.15, -0.1) is 0 Å². The maximum atomic E-state index is 12.5. The van der Waals surface area contributed by atoms with Gasteiger partial charge in [0.25, 0.3) is 0 Å². The summed E-state index contributed by atoms with van der Waals surface area (Å²) >= 11 is 0. The Kier molecular flexibility index (Phi) is 9.28.